The Morgan fingerprint density at radius 2 is 1.88 bits per heavy atom. The van der Waals surface area contributed by atoms with Crippen molar-refractivity contribution in [2.75, 3.05) is 0 Å². The van der Waals surface area contributed by atoms with Crippen LogP contribution in [0.15, 0.2) is 51.6 Å². The quantitative estimate of drug-likeness (QED) is 0.613. The Bertz CT molecular complexity index is 555. The van der Waals surface area contributed by atoms with Crippen LogP contribution in [-0.4, -0.2) is 5.78 Å². The highest BCUT2D eigenvalue weighted by Crippen LogP contribution is 2.16. The van der Waals surface area contributed by atoms with Crippen LogP contribution in [0, 0.1) is 0 Å². The number of ketones is 1. The molecule has 17 heavy (non-hydrogen) atoms. The normalized spacial score (nSPS) is 10.9. The first kappa shape index (κ1) is 12.1. The molecule has 2 nitrogen and oxygen atoms in total. The van der Waals surface area contributed by atoms with E-state index in [4.69, 9.17) is 16.0 Å². The molecule has 4 heteroatoms. The number of rotatable bonds is 3. The predicted molar refractivity (Wildman–Crippen MR) is 71.2 cm³/mol. The van der Waals surface area contributed by atoms with Crippen molar-refractivity contribution in [3.63, 3.8) is 0 Å². The molecule has 0 aliphatic heterocycles. The van der Waals surface area contributed by atoms with E-state index in [0.717, 1.165) is 0 Å². The van der Waals surface area contributed by atoms with E-state index in [0.29, 0.717) is 21.0 Å². The van der Waals surface area contributed by atoms with E-state index < -0.39 is 0 Å². The molecule has 1 aromatic carbocycles. The van der Waals surface area contributed by atoms with Crippen LogP contribution in [0.1, 0.15) is 16.1 Å². The molecule has 0 bridgehead atoms. The lowest BCUT2D eigenvalue weighted by Gasteiger charge is -1.95. The fourth-order valence-corrected chi connectivity index (χ4v) is 1.73. The van der Waals surface area contributed by atoms with Crippen LogP contribution in [0.5, 0.6) is 0 Å². The lowest BCUT2D eigenvalue weighted by Crippen LogP contribution is -1.92. The van der Waals surface area contributed by atoms with Gasteiger partial charge in [0.05, 0.1) is 0 Å². The van der Waals surface area contributed by atoms with Crippen molar-refractivity contribution in [1.29, 1.82) is 0 Å². The highest BCUT2D eigenvalue weighted by atomic mass is 79.9. The highest BCUT2D eigenvalue weighted by Gasteiger charge is 2.01. The summed E-state index contributed by atoms with van der Waals surface area (Å²) in [6, 6.07) is 10.3. The SMILES string of the molecule is O=C(C=Cc1ccc(Br)o1)c1ccc(Cl)cc1. The first-order valence-corrected chi connectivity index (χ1v) is 6.05. The van der Waals surface area contributed by atoms with Crippen LogP contribution in [0.3, 0.4) is 0 Å². The lowest BCUT2D eigenvalue weighted by atomic mass is 10.1. The zero-order valence-electron chi connectivity index (χ0n) is 8.69. The van der Waals surface area contributed by atoms with Gasteiger partial charge in [-0.1, -0.05) is 11.6 Å². The summed E-state index contributed by atoms with van der Waals surface area (Å²) in [4.78, 5) is 11.8. The topological polar surface area (TPSA) is 30.2 Å². The predicted octanol–water partition coefficient (Wildman–Crippen LogP) is 4.59. The van der Waals surface area contributed by atoms with Gasteiger partial charge in [0.1, 0.15) is 5.76 Å². The smallest absolute Gasteiger partial charge is 0.185 e. The third kappa shape index (κ3) is 3.32. The minimum atomic E-state index is -0.0887. The Kier molecular flexibility index (Phi) is 3.82. The van der Waals surface area contributed by atoms with Gasteiger partial charge in [-0.2, -0.15) is 0 Å². The summed E-state index contributed by atoms with van der Waals surface area (Å²) in [5.41, 5.74) is 0.594. The molecule has 0 unspecified atom stereocenters. The monoisotopic (exact) mass is 310 g/mol. The fourth-order valence-electron chi connectivity index (χ4n) is 1.29. The summed E-state index contributed by atoms with van der Waals surface area (Å²) in [5, 5.41) is 0.612. The van der Waals surface area contributed by atoms with Crippen molar-refractivity contribution >= 4 is 39.4 Å². The summed E-state index contributed by atoms with van der Waals surface area (Å²) in [7, 11) is 0. The Labute approximate surface area is 112 Å². The van der Waals surface area contributed by atoms with Crippen molar-refractivity contribution in [3.05, 3.63) is 63.5 Å². The number of carbonyl (C=O) groups is 1. The Hall–Kier alpha value is -1.32. The highest BCUT2D eigenvalue weighted by molar-refractivity contribution is 9.10. The number of halogens is 2. The number of carbonyl (C=O) groups excluding carboxylic acids is 1. The van der Waals surface area contributed by atoms with Gasteiger partial charge in [-0.25, -0.2) is 0 Å². The number of benzene rings is 1. The van der Waals surface area contributed by atoms with Gasteiger partial charge in [-0.3, -0.25) is 4.79 Å². The second kappa shape index (κ2) is 5.34. The Morgan fingerprint density at radius 3 is 2.47 bits per heavy atom. The zero-order chi connectivity index (χ0) is 12.3. The molecular formula is C13H8BrClO2. The summed E-state index contributed by atoms with van der Waals surface area (Å²) in [5.74, 6) is 0.536. The van der Waals surface area contributed by atoms with E-state index in [1.54, 1.807) is 42.5 Å². The summed E-state index contributed by atoms with van der Waals surface area (Å²) >= 11 is 8.93. The second-order valence-corrected chi connectivity index (χ2v) is 4.56. The van der Waals surface area contributed by atoms with E-state index in [-0.39, 0.29) is 5.78 Å². The Balaban J connectivity index is 2.11. The molecule has 2 rings (SSSR count). The number of hydrogen-bond acceptors (Lipinski definition) is 2. The van der Waals surface area contributed by atoms with Gasteiger partial charge in [0.15, 0.2) is 10.5 Å². The van der Waals surface area contributed by atoms with Gasteiger partial charge < -0.3 is 4.42 Å². The minimum absolute atomic E-state index is 0.0887. The fraction of sp³-hybridized carbons (Fsp3) is 0. The molecule has 0 saturated heterocycles. The first-order valence-electron chi connectivity index (χ1n) is 4.88. The molecule has 0 aliphatic carbocycles. The zero-order valence-corrected chi connectivity index (χ0v) is 11.0. The molecule has 0 aliphatic rings. The maximum Gasteiger partial charge on any atom is 0.185 e. The average molecular weight is 312 g/mol. The van der Waals surface area contributed by atoms with E-state index in [1.807, 2.05) is 0 Å². The maximum atomic E-state index is 11.8. The molecule has 1 aromatic heterocycles. The number of furan rings is 1. The van der Waals surface area contributed by atoms with Gasteiger partial charge in [-0.05, 0) is 64.5 Å². The molecule has 1 heterocycles. The number of allylic oxidation sites excluding steroid dienone is 1. The average Bonchev–Trinajstić information content (AvgIpc) is 2.73. The van der Waals surface area contributed by atoms with Crippen molar-refractivity contribution in [3.8, 4) is 0 Å². The molecule has 0 amide bonds. The molecule has 0 N–H and O–H groups in total. The Morgan fingerprint density at radius 1 is 1.18 bits per heavy atom. The van der Waals surface area contributed by atoms with Gasteiger partial charge in [-0.15, -0.1) is 0 Å². The van der Waals surface area contributed by atoms with E-state index in [9.17, 15) is 4.79 Å². The van der Waals surface area contributed by atoms with Crippen molar-refractivity contribution < 1.29 is 9.21 Å². The molecule has 0 saturated carbocycles. The van der Waals surface area contributed by atoms with Crippen molar-refractivity contribution in [1.82, 2.24) is 0 Å². The van der Waals surface area contributed by atoms with Gasteiger partial charge in [0.25, 0.3) is 0 Å². The third-order valence-electron chi connectivity index (χ3n) is 2.12. The summed E-state index contributed by atoms with van der Waals surface area (Å²) < 4.78 is 5.88. The first-order chi connectivity index (χ1) is 8.15. The van der Waals surface area contributed by atoms with E-state index in [1.165, 1.54) is 6.08 Å². The molecule has 0 spiro atoms. The van der Waals surface area contributed by atoms with Crippen LogP contribution < -0.4 is 0 Å². The van der Waals surface area contributed by atoms with Crippen LogP contribution in [0.25, 0.3) is 6.08 Å². The molecule has 86 valence electrons. The maximum absolute atomic E-state index is 11.8. The third-order valence-corrected chi connectivity index (χ3v) is 2.80. The second-order valence-electron chi connectivity index (χ2n) is 3.35. The summed E-state index contributed by atoms with van der Waals surface area (Å²) in [6.07, 6.45) is 3.09. The molecule has 0 radical (unpaired) electrons. The van der Waals surface area contributed by atoms with Gasteiger partial charge >= 0.3 is 0 Å². The van der Waals surface area contributed by atoms with Crippen molar-refractivity contribution in [2.24, 2.45) is 0 Å². The largest absolute Gasteiger partial charge is 0.450 e. The minimum Gasteiger partial charge on any atom is -0.450 e. The van der Waals surface area contributed by atoms with Crippen LogP contribution in [0.2, 0.25) is 5.02 Å². The van der Waals surface area contributed by atoms with E-state index in [2.05, 4.69) is 15.9 Å². The lowest BCUT2D eigenvalue weighted by molar-refractivity contribution is 0.104. The van der Waals surface area contributed by atoms with Crippen LogP contribution in [-0.2, 0) is 0 Å². The van der Waals surface area contributed by atoms with Crippen LogP contribution >= 0.6 is 27.5 Å². The molecule has 0 atom stereocenters. The molecular weight excluding hydrogens is 303 g/mol. The standard InChI is InChI=1S/C13H8BrClO2/c14-13-8-6-11(17-13)5-7-12(16)9-1-3-10(15)4-2-9/h1-8H. The summed E-state index contributed by atoms with van der Waals surface area (Å²) in [6.45, 7) is 0. The van der Waals surface area contributed by atoms with Gasteiger partial charge in [0, 0.05) is 10.6 Å². The molecule has 0 fully saturated rings. The van der Waals surface area contributed by atoms with E-state index >= 15 is 0 Å². The van der Waals surface area contributed by atoms with Crippen LogP contribution in [0.4, 0.5) is 0 Å². The van der Waals surface area contributed by atoms with Gasteiger partial charge in [0.2, 0.25) is 0 Å². The number of hydrogen-bond donors (Lipinski definition) is 0. The van der Waals surface area contributed by atoms with Crippen molar-refractivity contribution in [2.45, 2.75) is 0 Å². The molecule has 2 aromatic rings.